The van der Waals surface area contributed by atoms with E-state index in [0.29, 0.717) is 6.92 Å². The van der Waals surface area contributed by atoms with Gasteiger partial charge >= 0.3 is 12.4 Å². The average molecular weight is 440 g/mol. The Balaban J connectivity index is 2.08. The number of likely N-dealkylation sites (tertiary alicyclic amines) is 1. The average Bonchev–Trinajstić information content (AvgIpc) is 2.64. The molecule has 11 heteroatoms. The van der Waals surface area contributed by atoms with E-state index in [9.17, 15) is 41.0 Å². The van der Waals surface area contributed by atoms with Crippen LogP contribution in [-0.4, -0.2) is 64.7 Å². The monoisotopic (exact) mass is 440 g/mol. The van der Waals surface area contributed by atoms with Crippen LogP contribution in [0.25, 0.3) is 0 Å². The number of carbonyl (C=O) groups is 2. The van der Waals surface area contributed by atoms with Crippen molar-refractivity contribution in [3.63, 3.8) is 0 Å². The van der Waals surface area contributed by atoms with Gasteiger partial charge in [0.05, 0.1) is 5.56 Å². The molecule has 30 heavy (non-hydrogen) atoms. The first kappa shape index (κ1) is 24.0. The van der Waals surface area contributed by atoms with Gasteiger partial charge < -0.3 is 14.9 Å². The van der Waals surface area contributed by atoms with Crippen LogP contribution in [0.2, 0.25) is 0 Å². The summed E-state index contributed by atoms with van der Waals surface area (Å²) < 4.78 is 76.7. The van der Waals surface area contributed by atoms with Crippen LogP contribution in [0, 0.1) is 5.92 Å². The minimum atomic E-state index is -5.13. The summed E-state index contributed by atoms with van der Waals surface area (Å²) in [4.78, 5) is 27.0. The third-order valence-corrected chi connectivity index (χ3v) is 5.39. The van der Waals surface area contributed by atoms with E-state index in [1.807, 2.05) is 0 Å². The van der Waals surface area contributed by atoms with E-state index in [0.717, 1.165) is 29.2 Å². The van der Waals surface area contributed by atoms with Crippen LogP contribution in [-0.2, 0) is 11.0 Å². The summed E-state index contributed by atoms with van der Waals surface area (Å²) >= 11 is 0. The Morgan fingerprint density at radius 1 is 1.10 bits per heavy atom. The van der Waals surface area contributed by atoms with Gasteiger partial charge in [0, 0.05) is 31.7 Å². The fourth-order valence-corrected chi connectivity index (χ4v) is 3.48. The molecule has 0 spiro atoms. The maximum atomic E-state index is 12.9. The van der Waals surface area contributed by atoms with Crippen LogP contribution in [0.5, 0.6) is 0 Å². The highest BCUT2D eigenvalue weighted by molar-refractivity contribution is 5.94. The normalized spacial score (nSPS) is 22.4. The van der Waals surface area contributed by atoms with Gasteiger partial charge in [0.25, 0.3) is 11.8 Å². The Bertz CT molecular complexity index is 789. The van der Waals surface area contributed by atoms with Crippen LogP contribution >= 0.6 is 0 Å². The molecule has 0 aromatic heterocycles. The van der Waals surface area contributed by atoms with Crippen molar-refractivity contribution in [2.75, 3.05) is 20.1 Å². The molecule has 0 aliphatic carbocycles. The number of piperidine rings is 1. The van der Waals surface area contributed by atoms with Gasteiger partial charge in [-0.1, -0.05) is 6.92 Å². The van der Waals surface area contributed by atoms with Gasteiger partial charge in [-0.25, -0.2) is 0 Å². The molecule has 1 aliphatic heterocycles. The highest BCUT2D eigenvalue weighted by Gasteiger charge is 2.57. The van der Waals surface area contributed by atoms with E-state index in [1.165, 1.54) is 11.9 Å². The molecular formula is C19H22F6N2O3. The van der Waals surface area contributed by atoms with E-state index >= 15 is 0 Å². The summed E-state index contributed by atoms with van der Waals surface area (Å²) in [6.45, 7) is 1.82. The third-order valence-electron chi connectivity index (χ3n) is 5.39. The van der Waals surface area contributed by atoms with E-state index in [2.05, 4.69) is 0 Å². The summed E-state index contributed by atoms with van der Waals surface area (Å²) in [5, 5.41) is 9.59. The second-order valence-electron chi connectivity index (χ2n) is 7.65. The lowest BCUT2D eigenvalue weighted by molar-refractivity contribution is -0.251. The number of benzene rings is 1. The summed E-state index contributed by atoms with van der Waals surface area (Å²) in [5.41, 5.74) is -4.36. The molecule has 1 aromatic carbocycles. The minimum absolute atomic E-state index is 0.0382. The quantitative estimate of drug-likeness (QED) is 0.734. The number of amides is 2. The highest BCUT2D eigenvalue weighted by atomic mass is 19.4. The molecule has 1 aliphatic rings. The Hall–Kier alpha value is -2.30. The molecule has 168 valence electrons. The number of alkyl halides is 6. The maximum Gasteiger partial charge on any atom is 0.426 e. The van der Waals surface area contributed by atoms with Gasteiger partial charge in [-0.05, 0) is 43.5 Å². The summed E-state index contributed by atoms with van der Waals surface area (Å²) in [6, 6.07) is 3.27. The molecule has 2 rings (SSSR count). The first-order valence-electron chi connectivity index (χ1n) is 9.10. The minimum Gasteiger partial charge on any atom is -0.373 e. The predicted molar refractivity (Wildman–Crippen MR) is 94.4 cm³/mol. The third kappa shape index (κ3) is 4.71. The smallest absolute Gasteiger partial charge is 0.373 e. The molecule has 2 amide bonds. The fourth-order valence-electron chi connectivity index (χ4n) is 3.48. The molecule has 1 fully saturated rings. The van der Waals surface area contributed by atoms with Crippen molar-refractivity contribution in [3.8, 4) is 0 Å². The van der Waals surface area contributed by atoms with Crippen LogP contribution in [0.3, 0.4) is 0 Å². The van der Waals surface area contributed by atoms with Gasteiger partial charge in [0.15, 0.2) is 0 Å². The van der Waals surface area contributed by atoms with Crippen LogP contribution in [0.15, 0.2) is 24.3 Å². The number of halogens is 6. The molecule has 0 bridgehead atoms. The van der Waals surface area contributed by atoms with Crippen LogP contribution < -0.4 is 0 Å². The van der Waals surface area contributed by atoms with Crippen molar-refractivity contribution in [1.29, 1.82) is 0 Å². The highest BCUT2D eigenvalue weighted by Crippen LogP contribution is 2.34. The van der Waals surface area contributed by atoms with Crippen molar-refractivity contribution in [3.05, 3.63) is 35.4 Å². The number of hydrogen-bond donors (Lipinski definition) is 1. The standard InChI is InChI=1S/C19H22F6N2O3/c1-11-10-27(16(29)17(2,30)19(23,24)25)9-8-14(11)26(3)15(28)12-4-6-13(7-5-12)18(20,21)22/h4-7,11,14,30H,8-10H2,1-3H3/t11?,14?,17-/m1/s1. The summed E-state index contributed by atoms with van der Waals surface area (Å²) in [7, 11) is 1.45. The van der Waals surface area contributed by atoms with Crippen LogP contribution in [0.4, 0.5) is 26.3 Å². The Morgan fingerprint density at radius 2 is 1.63 bits per heavy atom. The fraction of sp³-hybridized carbons (Fsp3) is 0.579. The number of rotatable bonds is 3. The van der Waals surface area contributed by atoms with Gasteiger partial charge in [-0.2, -0.15) is 26.3 Å². The zero-order chi connectivity index (χ0) is 23.1. The van der Waals surface area contributed by atoms with Crippen molar-refractivity contribution in [2.24, 2.45) is 5.92 Å². The summed E-state index contributed by atoms with van der Waals surface area (Å²) in [6.07, 6.45) is -9.50. The molecule has 1 heterocycles. The van der Waals surface area contributed by atoms with Crippen LogP contribution in [0.1, 0.15) is 36.2 Å². The summed E-state index contributed by atoms with van der Waals surface area (Å²) in [5.74, 6) is -2.42. The zero-order valence-electron chi connectivity index (χ0n) is 16.5. The molecule has 0 radical (unpaired) electrons. The molecule has 5 nitrogen and oxygen atoms in total. The van der Waals surface area contributed by atoms with Gasteiger partial charge in [-0.3, -0.25) is 9.59 Å². The Kier molecular flexibility index (Phi) is 6.46. The molecule has 0 saturated carbocycles. The van der Waals surface area contributed by atoms with Gasteiger partial charge in [-0.15, -0.1) is 0 Å². The SMILES string of the molecule is CC1CN(C(=O)[C@@](C)(O)C(F)(F)F)CCC1N(C)C(=O)c1ccc(C(F)(F)F)cc1. The lowest BCUT2D eigenvalue weighted by Crippen LogP contribution is -2.60. The topological polar surface area (TPSA) is 60.9 Å². The largest absolute Gasteiger partial charge is 0.426 e. The number of carbonyl (C=O) groups excluding carboxylic acids is 2. The van der Waals surface area contributed by atoms with Crippen molar-refractivity contribution in [2.45, 2.75) is 44.3 Å². The number of hydrogen-bond acceptors (Lipinski definition) is 3. The molecule has 1 saturated heterocycles. The van der Waals surface area contributed by atoms with E-state index in [1.54, 1.807) is 6.92 Å². The zero-order valence-corrected chi connectivity index (χ0v) is 16.5. The van der Waals surface area contributed by atoms with Crippen molar-refractivity contribution in [1.82, 2.24) is 9.80 Å². The van der Waals surface area contributed by atoms with Crippen molar-refractivity contribution < 1.29 is 41.0 Å². The first-order valence-corrected chi connectivity index (χ1v) is 9.10. The molecule has 1 N–H and O–H groups in total. The number of nitrogens with zero attached hydrogens (tertiary/aromatic N) is 2. The van der Waals surface area contributed by atoms with Gasteiger partial charge in [0.1, 0.15) is 0 Å². The van der Waals surface area contributed by atoms with Gasteiger partial charge in [0.2, 0.25) is 5.60 Å². The lowest BCUT2D eigenvalue weighted by Gasteiger charge is -2.43. The second kappa shape index (κ2) is 8.09. The van der Waals surface area contributed by atoms with E-state index < -0.39 is 47.3 Å². The lowest BCUT2D eigenvalue weighted by atomic mass is 9.90. The molecule has 1 aromatic rings. The maximum absolute atomic E-state index is 12.9. The first-order chi connectivity index (χ1) is 13.6. The predicted octanol–water partition coefficient (Wildman–Crippen LogP) is 3.33. The Labute approximate surface area is 169 Å². The molecule has 3 atom stereocenters. The molecule has 2 unspecified atom stereocenters. The van der Waals surface area contributed by atoms with E-state index in [-0.39, 0.29) is 25.1 Å². The Morgan fingerprint density at radius 3 is 2.07 bits per heavy atom. The molecular weight excluding hydrogens is 418 g/mol. The second-order valence-corrected chi connectivity index (χ2v) is 7.65. The number of aliphatic hydroxyl groups is 1. The van der Waals surface area contributed by atoms with E-state index in [4.69, 9.17) is 0 Å². The van der Waals surface area contributed by atoms with Crippen molar-refractivity contribution >= 4 is 11.8 Å².